The minimum Gasteiger partial charge on any atom is -0.483 e. The van der Waals surface area contributed by atoms with E-state index >= 15 is 0 Å². The molecule has 1 aromatic heterocycles. The van der Waals surface area contributed by atoms with Gasteiger partial charge in [0.1, 0.15) is 24.0 Å². The van der Waals surface area contributed by atoms with Crippen molar-refractivity contribution in [3.63, 3.8) is 0 Å². The summed E-state index contributed by atoms with van der Waals surface area (Å²) in [4.78, 5) is 32.7. The normalized spacial score (nSPS) is 21.4. The summed E-state index contributed by atoms with van der Waals surface area (Å²) in [5, 5.41) is 4.07. The predicted molar refractivity (Wildman–Crippen MR) is 106 cm³/mol. The molecule has 154 valence electrons. The van der Waals surface area contributed by atoms with Crippen LogP contribution < -0.4 is 4.74 Å². The van der Waals surface area contributed by atoms with Crippen LogP contribution in [0.4, 0.5) is 0 Å². The molecule has 3 heterocycles. The number of hydrogen-bond donors (Lipinski definition) is 0. The molecule has 2 aliphatic rings. The van der Waals surface area contributed by atoms with Crippen LogP contribution in [-0.2, 0) is 22.7 Å². The Balaban J connectivity index is 1.46. The first kappa shape index (κ1) is 19.4. The van der Waals surface area contributed by atoms with E-state index in [4.69, 9.17) is 4.74 Å². The SMILES string of the molecule is CC(=O)N1Cc2ccccc2OC2(CCCN(C(=O)CCCn3cncn3)C2)C1. The van der Waals surface area contributed by atoms with Gasteiger partial charge in [-0.1, -0.05) is 18.2 Å². The van der Waals surface area contributed by atoms with Crippen molar-refractivity contribution in [1.29, 1.82) is 0 Å². The zero-order valence-electron chi connectivity index (χ0n) is 16.8. The standard InChI is InChI=1S/C21H27N5O3/c1-17(27)25-12-18-6-2-3-7-19(18)29-21(14-25)9-5-10-24(13-21)20(28)8-4-11-26-16-22-15-23-26/h2-3,6-7,15-16H,4-5,8-14H2,1H3. The highest BCUT2D eigenvalue weighted by atomic mass is 16.5. The van der Waals surface area contributed by atoms with Gasteiger partial charge in [-0.2, -0.15) is 5.10 Å². The maximum absolute atomic E-state index is 12.8. The fourth-order valence-corrected chi connectivity index (χ4v) is 4.25. The van der Waals surface area contributed by atoms with E-state index in [1.54, 1.807) is 17.9 Å². The number of piperidine rings is 1. The van der Waals surface area contributed by atoms with Crippen LogP contribution in [0.3, 0.4) is 0 Å². The third-order valence-corrected chi connectivity index (χ3v) is 5.72. The lowest BCUT2D eigenvalue weighted by molar-refractivity contribution is -0.140. The molecule has 0 N–H and O–H groups in total. The highest BCUT2D eigenvalue weighted by Gasteiger charge is 2.43. The van der Waals surface area contributed by atoms with Crippen LogP contribution in [-0.4, -0.2) is 61.6 Å². The van der Waals surface area contributed by atoms with Gasteiger partial charge in [0.15, 0.2) is 0 Å². The van der Waals surface area contributed by atoms with Crippen molar-refractivity contribution in [3.8, 4) is 5.75 Å². The maximum Gasteiger partial charge on any atom is 0.222 e. The third kappa shape index (κ3) is 4.41. The van der Waals surface area contributed by atoms with Crippen LogP contribution in [0.2, 0.25) is 0 Å². The van der Waals surface area contributed by atoms with Gasteiger partial charge in [0, 0.05) is 38.5 Å². The van der Waals surface area contributed by atoms with Crippen molar-refractivity contribution in [2.24, 2.45) is 0 Å². The minimum atomic E-state index is -0.557. The Bertz CT molecular complexity index is 869. The second kappa shape index (κ2) is 8.23. The van der Waals surface area contributed by atoms with E-state index in [0.29, 0.717) is 32.6 Å². The zero-order chi connectivity index (χ0) is 20.3. The Kier molecular flexibility index (Phi) is 5.51. The monoisotopic (exact) mass is 397 g/mol. The first-order chi connectivity index (χ1) is 14.0. The smallest absolute Gasteiger partial charge is 0.222 e. The first-order valence-corrected chi connectivity index (χ1v) is 10.2. The number of aryl methyl sites for hydroxylation is 1. The van der Waals surface area contributed by atoms with Crippen molar-refractivity contribution in [1.82, 2.24) is 24.6 Å². The number of amides is 2. The van der Waals surface area contributed by atoms with Crippen molar-refractivity contribution in [3.05, 3.63) is 42.5 Å². The second-order valence-corrected chi connectivity index (χ2v) is 7.95. The van der Waals surface area contributed by atoms with Crippen LogP contribution in [0.15, 0.2) is 36.9 Å². The molecule has 2 aliphatic heterocycles. The van der Waals surface area contributed by atoms with E-state index in [9.17, 15) is 9.59 Å². The van der Waals surface area contributed by atoms with Gasteiger partial charge in [0.2, 0.25) is 11.8 Å². The lowest BCUT2D eigenvalue weighted by Gasteiger charge is -2.43. The summed E-state index contributed by atoms with van der Waals surface area (Å²) in [5.74, 6) is 0.970. The van der Waals surface area contributed by atoms with E-state index in [1.807, 2.05) is 34.1 Å². The van der Waals surface area contributed by atoms with Crippen LogP contribution in [0.25, 0.3) is 0 Å². The number of para-hydroxylation sites is 1. The van der Waals surface area contributed by atoms with Gasteiger partial charge in [-0.15, -0.1) is 0 Å². The van der Waals surface area contributed by atoms with Gasteiger partial charge in [0.05, 0.1) is 13.1 Å². The van der Waals surface area contributed by atoms with Gasteiger partial charge in [-0.25, -0.2) is 4.98 Å². The van der Waals surface area contributed by atoms with E-state index in [0.717, 1.165) is 37.1 Å². The number of ether oxygens (including phenoxy) is 1. The number of nitrogens with zero attached hydrogens (tertiary/aromatic N) is 5. The highest BCUT2D eigenvalue weighted by Crippen LogP contribution is 2.35. The number of carbonyl (C=O) groups is 2. The van der Waals surface area contributed by atoms with E-state index in [2.05, 4.69) is 10.1 Å². The minimum absolute atomic E-state index is 0.0287. The molecule has 8 nitrogen and oxygen atoms in total. The Morgan fingerprint density at radius 3 is 2.83 bits per heavy atom. The molecule has 4 rings (SSSR count). The summed E-state index contributed by atoms with van der Waals surface area (Å²) >= 11 is 0. The Morgan fingerprint density at radius 1 is 1.21 bits per heavy atom. The van der Waals surface area contributed by atoms with E-state index in [-0.39, 0.29) is 11.8 Å². The average Bonchev–Trinajstić information content (AvgIpc) is 3.16. The predicted octanol–water partition coefficient (Wildman–Crippen LogP) is 1.86. The van der Waals surface area contributed by atoms with Crippen molar-refractivity contribution >= 4 is 11.8 Å². The molecule has 29 heavy (non-hydrogen) atoms. The summed E-state index contributed by atoms with van der Waals surface area (Å²) in [5.41, 5.74) is 0.453. The van der Waals surface area contributed by atoms with Crippen LogP contribution in [0.1, 0.15) is 38.2 Å². The lowest BCUT2D eigenvalue weighted by atomic mass is 9.91. The quantitative estimate of drug-likeness (QED) is 0.787. The Labute approximate surface area is 170 Å². The second-order valence-electron chi connectivity index (χ2n) is 7.95. The molecule has 0 aliphatic carbocycles. The molecule has 2 amide bonds. The number of rotatable bonds is 4. The van der Waals surface area contributed by atoms with Crippen LogP contribution in [0, 0.1) is 0 Å². The summed E-state index contributed by atoms with van der Waals surface area (Å²) < 4.78 is 8.24. The van der Waals surface area contributed by atoms with Crippen molar-refractivity contribution in [2.45, 2.75) is 51.3 Å². The molecule has 0 bridgehead atoms. The van der Waals surface area contributed by atoms with Crippen molar-refractivity contribution in [2.75, 3.05) is 19.6 Å². The van der Waals surface area contributed by atoms with E-state index < -0.39 is 5.60 Å². The summed E-state index contributed by atoms with van der Waals surface area (Å²) in [6.45, 7) is 4.55. The lowest BCUT2D eigenvalue weighted by Crippen LogP contribution is -2.58. The van der Waals surface area contributed by atoms with Gasteiger partial charge >= 0.3 is 0 Å². The molecule has 1 fully saturated rings. The average molecular weight is 397 g/mol. The summed E-state index contributed by atoms with van der Waals surface area (Å²) in [6.07, 6.45) is 6.03. The molecule has 1 spiro atoms. The Hall–Kier alpha value is -2.90. The largest absolute Gasteiger partial charge is 0.483 e. The van der Waals surface area contributed by atoms with Crippen molar-refractivity contribution < 1.29 is 14.3 Å². The van der Waals surface area contributed by atoms with E-state index in [1.165, 1.54) is 6.33 Å². The van der Waals surface area contributed by atoms with Gasteiger partial charge in [0.25, 0.3) is 0 Å². The molecule has 8 heteroatoms. The third-order valence-electron chi connectivity index (χ3n) is 5.72. The number of likely N-dealkylation sites (tertiary alicyclic amines) is 1. The van der Waals surface area contributed by atoms with Gasteiger partial charge < -0.3 is 14.5 Å². The number of carbonyl (C=O) groups excluding carboxylic acids is 2. The topological polar surface area (TPSA) is 80.6 Å². The fourth-order valence-electron chi connectivity index (χ4n) is 4.25. The van der Waals surface area contributed by atoms with Gasteiger partial charge in [-0.3, -0.25) is 14.3 Å². The number of benzene rings is 1. The molecule has 1 atom stereocenters. The molecular formula is C21H27N5O3. The molecule has 1 aromatic carbocycles. The molecule has 0 radical (unpaired) electrons. The molecule has 0 saturated carbocycles. The molecular weight excluding hydrogens is 370 g/mol. The van der Waals surface area contributed by atoms with Crippen LogP contribution in [0.5, 0.6) is 5.75 Å². The molecule has 1 saturated heterocycles. The molecule has 2 aromatic rings. The summed E-state index contributed by atoms with van der Waals surface area (Å²) in [6, 6.07) is 7.87. The molecule has 1 unspecified atom stereocenters. The van der Waals surface area contributed by atoms with Crippen LogP contribution >= 0.6 is 0 Å². The number of hydrogen-bond acceptors (Lipinski definition) is 5. The summed E-state index contributed by atoms with van der Waals surface area (Å²) in [7, 11) is 0. The number of fused-ring (bicyclic) bond motifs is 1. The highest BCUT2D eigenvalue weighted by molar-refractivity contribution is 5.76. The Morgan fingerprint density at radius 2 is 2.03 bits per heavy atom. The first-order valence-electron chi connectivity index (χ1n) is 10.2. The zero-order valence-corrected chi connectivity index (χ0v) is 16.8. The van der Waals surface area contributed by atoms with Gasteiger partial charge in [-0.05, 0) is 25.3 Å². The fraction of sp³-hybridized carbons (Fsp3) is 0.524. The maximum atomic E-state index is 12.8. The number of aromatic nitrogens is 3.